The van der Waals surface area contributed by atoms with Crippen molar-refractivity contribution in [2.45, 2.75) is 13.5 Å². The molecule has 0 radical (unpaired) electrons. The second-order valence-electron chi connectivity index (χ2n) is 6.63. The van der Waals surface area contributed by atoms with Gasteiger partial charge < -0.3 is 10.1 Å². The lowest BCUT2D eigenvalue weighted by Crippen LogP contribution is -2.14. The molecule has 5 nitrogen and oxygen atoms in total. The van der Waals surface area contributed by atoms with Crippen LogP contribution in [-0.4, -0.2) is 5.91 Å². The van der Waals surface area contributed by atoms with E-state index in [2.05, 4.69) is 11.4 Å². The minimum Gasteiger partial charge on any atom is -0.488 e. The molecule has 1 N–H and O–H groups in total. The van der Waals surface area contributed by atoms with Crippen LogP contribution >= 0.6 is 11.6 Å². The molecular formula is C25H18ClN3O2. The molecule has 3 aromatic carbocycles. The van der Waals surface area contributed by atoms with E-state index < -0.39 is 5.91 Å². The minimum atomic E-state index is -0.544. The zero-order chi connectivity index (χ0) is 22.2. The van der Waals surface area contributed by atoms with Crippen LogP contribution in [0.2, 0.25) is 5.02 Å². The summed E-state index contributed by atoms with van der Waals surface area (Å²) in [5.41, 5.74) is 3.04. The van der Waals surface area contributed by atoms with Crippen molar-refractivity contribution in [3.63, 3.8) is 0 Å². The molecule has 0 saturated carbocycles. The first-order valence-corrected chi connectivity index (χ1v) is 9.79. The number of ether oxygens (including phenoxy) is 1. The number of amides is 1. The van der Waals surface area contributed by atoms with Crippen LogP contribution in [0.3, 0.4) is 0 Å². The lowest BCUT2D eigenvalue weighted by molar-refractivity contribution is -0.112. The Labute approximate surface area is 185 Å². The summed E-state index contributed by atoms with van der Waals surface area (Å²) in [6, 6.07) is 23.5. The van der Waals surface area contributed by atoms with Gasteiger partial charge in [-0.3, -0.25) is 4.79 Å². The Morgan fingerprint density at radius 3 is 2.58 bits per heavy atom. The van der Waals surface area contributed by atoms with E-state index in [4.69, 9.17) is 16.3 Å². The molecule has 6 heteroatoms. The van der Waals surface area contributed by atoms with Gasteiger partial charge in [0, 0.05) is 21.8 Å². The Bertz CT molecular complexity index is 1240. The lowest BCUT2D eigenvalue weighted by Gasteiger charge is -2.11. The van der Waals surface area contributed by atoms with Crippen LogP contribution in [-0.2, 0) is 11.4 Å². The molecule has 0 aliphatic rings. The van der Waals surface area contributed by atoms with Crippen molar-refractivity contribution >= 4 is 29.3 Å². The molecule has 0 atom stereocenters. The number of nitriles is 2. The second kappa shape index (κ2) is 10.1. The van der Waals surface area contributed by atoms with Crippen molar-refractivity contribution in [1.82, 2.24) is 0 Å². The molecule has 0 bridgehead atoms. The summed E-state index contributed by atoms with van der Waals surface area (Å²) in [5.74, 6) is -0.0489. The topological polar surface area (TPSA) is 85.9 Å². The van der Waals surface area contributed by atoms with Gasteiger partial charge >= 0.3 is 0 Å². The van der Waals surface area contributed by atoms with Crippen LogP contribution in [0, 0.1) is 29.6 Å². The van der Waals surface area contributed by atoms with E-state index in [1.165, 1.54) is 6.08 Å². The third-order valence-electron chi connectivity index (χ3n) is 4.62. The maximum atomic E-state index is 12.7. The minimum absolute atomic E-state index is 0.0761. The monoisotopic (exact) mass is 427 g/mol. The fourth-order valence-electron chi connectivity index (χ4n) is 2.88. The van der Waals surface area contributed by atoms with Gasteiger partial charge in [0.1, 0.15) is 24.0 Å². The van der Waals surface area contributed by atoms with Crippen LogP contribution in [0.5, 0.6) is 5.75 Å². The molecule has 0 heterocycles. The zero-order valence-electron chi connectivity index (χ0n) is 16.7. The van der Waals surface area contributed by atoms with Crippen LogP contribution in [0.25, 0.3) is 6.08 Å². The molecule has 0 aliphatic heterocycles. The molecule has 0 aliphatic carbocycles. The molecule has 3 rings (SSSR count). The predicted octanol–water partition coefficient (Wildman–Crippen LogP) is 5.64. The summed E-state index contributed by atoms with van der Waals surface area (Å²) >= 11 is 6.10. The van der Waals surface area contributed by atoms with E-state index in [9.17, 15) is 15.3 Å². The van der Waals surface area contributed by atoms with E-state index in [1.807, 2.05) is 18.2 Å². The molecular weight excluding hydrogens is 410 g/mol. The second-order valence-corrected chi connectivity index (χ2v) is 7.04. The van der Waals surface area contributed by atoms with E-state index in [-0.39, 0.29) is 12.2 Å². The highest BCUT2D eigenvalue weighted by Crippen LogP contribution is 2.25. The maximum absolute atomic E-state index is 12.7. The van der Waals surface area contributed by atoms with Crippen molar-refractivity contribution < 1.29 is 9.53 Å². The third kappa shape index (κ3) is 5.30. The van der Waals surface area contributed by atoms with Gasteiger partial charge in [-0.2, -0.15) is 10.5 Å². The highest BCUT2D eigenvalue weighted by atomic mass is 35.5. The van der Waals surface area contributed by atoms with E-state index >= 15 is 0 Å². The summed E-state index contributed by atoms with van der Waals surface area (Å²) in [6.07, 6.45) is 1.47. The van der Waals surface area contributed by atoms with Gasteiger partial charge in [-0.05, 0) is 42.8 Å². The van der Waals surface area contributed by atoms with Crippen molar-refractivity contribution in [2.24, 2.45) is 0 Å². The Hall–Kier alpha value is -4.06. The number of nitrogens with zero attached hydrogens (tertiary/aromatic N) is 2. The van der Waals surface area contributed by atoms with Gasteiger partial charge in [-0.1, -0.05) is 54.1 Å². The first kappa shape index (κ1) is 21.6. The normalized spacial score (nSPS) is 10.6. The number of carbonyl (C=O) groups excluding carboxylic acids is 1. The molecule has 1 amide bonds. The first-order chi connectivity index (χ1) is 15.0. The van der Waals surface area contributed by atoms with Crippen molar-refractivity contribution in [3.05, 3.63) is 99.6 Å². The Morgan fingerprint density at radius 1 is 1.06 bits per heavy atom. The van der Waals surface area contributed by atoms with Crippen molar-refractivity contribution in [3.8, 4) is 17.9 Å². The Balaban J connectivity index is 1.83. The lowest BCUT2D eigenvalue weighted by atomic mass is 10.1. The van der Waals surface area contributed by atoms with E-state index in [0.29, 0.717) is 27.6 Å². The molecule has 31 heavy (non-hydrogen) atoms. The number of nitrogens with one attached hydrogen (secondary N) is 1. The summed E-state index contributed by atoms with van der Waals surface area (Å²) in [6.45, 7) is 1.97. The smallest absolute Gasteiger partial charge is 0.266 e. The fraction of sp³-hybridized carbons (Fsp3) is 0.0800. The number of halogens is 1. The molecule has 0 saturated heterocycles. The largest absolute Gasteiger partial charge is 0.488 e. The summed E-state index contributed by atoms with van der Waals surface area (Å²) in [5, 5.41) is 22.0. The highest BCUT2D eigenvalue weighted by molar-refractivity contribution is 6.31. The SMILES string of the molecule is Cc1c(Cl)cccc1NC(=O)/C(C#N)=C\c1ccccc1OCc1ccccc1C#N. The highest BCUT2D eigenvalue weighted by Gasteiger charge is 2.13. The fourth-order valence-corrected chi connectivity index (χ4v) is 3.05. The van der Waals surface area contributed by atoms with Gasteiger partial charge in [0.25, 0.3) is 5.91 Å². The van der Waals surface area contributed by atoms with Gasteiger partial charge in [0.2, 0.25) is 0 Å². The van der Waals surface area contributed by atoms with Gasteiger partial charge in [0.15, 0.2) is 0 Å². The summed E-state index contributed by atoms with van der Waals surface area (Å²) < 4.78 is 5.89. The Morgan fingerprint density at radius 2 is 1.81 bits per heavy atom. The zero-order valence-corrected chi connectivity index (χ0v) is 17.5. The Kier molecular flexibility index (Phi) is 7.06. The van der Waals surface area contributed by atoms with Gasteiger partial charge in [0.05, 0.1) is 11.6 Å². The number of hydrogen-bond donors (Lipinski definition) is 1. The maximum Gasteiger partial charge on any atom is 0.266 e. The molecule has 0 fully saturated rings. The van der Waals surface area contributed by atoms with E-state index in [1.54, 1.807) is 61.5 Å². The van der Waals surface area contributed by atoms with Crippen LogP contribution in [0.1, 0.15) is 22.3 Å². The van der Waals surface area contributed by atoms with Crippen molar-refractivity contribution in [2.75, 3.05) is 5.32 Å². The standard InChI is InChI=1S/C25H18ClN3O2/c1-17-22(26)10-6-11-23(17)29-25(30)21(15-28)13-18-7-4-5-12-24(18)31-16-20-9-3-2-8-19(20)14-27/h2-13H,16H2,1H3,(H,29,30)/b21-13-. The van der Waals surface area contributed by atoms with Crippen molar-refractivity contribution in [1.29, 1.82) is 10.5 Å². The van der Waals surface area contributed by atoms with Crippen LogP contribution < -0.4 is 10.1 Å². The first-order valence-electron chi connectivity index (χ1n) is 9.41. The number of para-hydroxylation sites is 1. The average Bonchev–Trinajstić information content (AvgIpc) is 2.79. The number of benzene rings is 3. The average molecular weight is 428 g/mol. The molecule has 0 unspecified atom stereocenters. The quantitative estimate of drug-likeness (QED) is 0.407. The van der Waals surface area contributed by atoms with Gasteiger partial charge in [-0.15, -0.1) is 0 Å². The van der Waals surface area contributed by atoms with E-state index in [0.717, 1.165) is 11.1 Å². The molecule has 3 aromatic rings. The van der Waals surface area contributed by atoms with Crippen LogP contribution in [0.4, 0.5) is 5.69 Å². The van der Waals surface area contributed by atoms with Crippen LogP contribution in [0.15, 0.2) is 72.3 Å². The number of rotatable bonds is 6. The number of anilines is 1. The summed E-state index contributed by atoms with van der Waals surface area (Å²) in [7, 11) is 0. The molecule has 0 aromatic heterocycles. The molecule has 0 spiro atoms. The number of hydrogen-bond acceptors (Lipinski definition) is 4. The van der Waals surface area contributed by atoms with Gasteiger partial charge in [-0.25, -0.2) is 0 Å². The third-order valence-corrected chi connectivity index (χ3v) is 5.03. The number of carbonyl (C=O) groups is 1. The summed E-state index contributed by atoms with van der Waals surface area (Å²) in [4.78, 5) is 12.7. The molecule has 152 valence electrons. The predicted molar refractivity (Wildman–Crippen MR) is 120 cm³/mol.